The molecule has 0 radical (unpaired) electrons. The molecule has 4 fully saturated rings. The lowest BCUT2D eigenvalue weighted by atomic mass is 9.49. The van der Waals surface area contributed by atoms with Gasteiger partial charge in [-0.3, -0.25) is 39.1 Å². The van der Waals surface area contributed by atoms with Crippen LogP contribution in [-0.2, 0) is 9.59 Å². The van der Waals surface area contributed by atoms with Crippen molar-refractivity contribution in [2.24, 2.45) is 10.8 Å². The van der Waals surface area contributed by atoms with Crippen molar-refractivity contribution in [1.29, 1.82) is 5.26 Å². The standard InChI is InChI=1S/C44H48ClN7O6/c1-43(2)41(44(3,4)42(43)58-31-11-7-27(25-46)34(45)24-31)47-28-8-5-26(6-9-28)38(55)51-21-19-50(20-22-51)29-15-17-49(18-16-29)30-10-12-32-33(23-30)40(57)52(39(32)56)35-13-14-36(53)48-37(35)54/h5-12,23-24,29,35,41-42,47H,13-22H2,1-4H3,(H,48,53,54). The smallest absolute Gasteiger partial charge is 0.262 e. The van der Waals surface area contributed by atoms with Crippen molar-refractivity contribution in [3.8, 4) is 11.8 Å². The van der Waals surface area contributed by atoms with E-state index in [9.17, 15) is 29.2 Å². The summed E-state index contributed by atoms with van der Waals surface area (Å²) in [4.78, 5) is 71.8. The summed E-state index contributed by atoms with van der Waals surface area (Å²) in [6.45, 7) is 13.2. The molecule has 3 saturated heterocycles. The SMILES string of the molecule is CC1(C)C(Nc2ccc(C(=O)N3CCN(C4CCN(c5ccc6c(c5)C(=O)N(C5CCC(=O)NC5=O)C6=O)CC4)CC3)cc2)C(C)(C)C1Oc1ccc(C#N)c(Cl)c1. The second kappa shape index (κ2) is 15.1. The second-order valence-electron chi connectivity index (χ2n) is 17.3. The molecule has 5 aliphatic rings. The van der Waals surface area contributed by atoms with Crippen molar-refractivity contribution in [2.45, 2.75) is 77.6 Å². The highest BCUT2D eigenvalue weighted by atomic mass is 35.5. The van der Waals surface area contributed by atoms with E-state index in [1.165, 1.54) is 0 Å². The highest BCUT2D eigenvalue weighted by Crippen LogP contribution is 2.56. The van der Waals surface area contributed by atoms with Crippen LogP contribution in [0.3, 0.4) is 0 Å². The number of carbonyl (C=O) groups excluding carboxylic acids is 5. The minimum absolute atomic E-state index is 0.0284. The van der Waals surface area contributed by atoms with Gasteiger partial charge in [0.05, 0.1) is 21.7 Å². The Morgan fingerprint density at radius 3 is 2.16 bits per heavy atom. The van der Waals surface area contributed by atoms with Crippen LogP contribution in [0.5, 0.6) is 5.75 Å². The fourth-order valence-electron chi connectivity index (χ4n) is 10.1. The Hall–Kier alpha value is -5.45. The van der Waals surface area contributed by atoms with E-state index in [1.54, 1.807) is 30.3 Å². The average Bonchev–Trinajstić information content (AvgIpc) is 3.46. The van der Waals surface area contributed by atoms with Crippen LogP contribution in [-0.4, -0.2) is 108 Å². The maximum absolute atomic E-state index is 13.6. The van der Waals surface area contributed by atoms with Gasteiger partial charge in [0.2, 0.25) is 11.8 Å². The van der Waals surface area contributed by atoms with Crippen LogP contribution in [0.1, 0.15) is 90.0 Å². The first kappa shape index (κ1) is 39.4. The number of rotatable bonds is 8. The van der Waals surface area contributed by atoms with Crippen molar-refractivity contribution in [1.82, 2.24) is 20.0 Å². The summed E-state index contributed by atoms with van der Waals surface area (Å²) in [7, 11) is 0. The number of hydrogen-bond donors (Lipinski definition) is 2. The molecular formula is C44H48ClN7O6. The van der Waals surface area contributed by atoms with Gasteiger partial charge in [-0.1, -0.05) is 39.3 Å². The van der Waals surface area contributed by atoms with Gasteiger partial charge in [-0.15, -0.1) is 0 Å². The van der Waals surface area contributed by atoms with E-state index in [0.717, 1.165) is 55.3 Å². The number of nitrogens with one attached hydrogen (secondary N) is 2. The molecule has 1 unspecified atom stereocenters. The number of benzene rings is 3. The number of ether oxygens (including phenoxy) is 1. The normalized spacial score (nSPS) is 24.5. The molecule has 13 nitrogen and oxygen atoms in total. The van der Waals surface area contributed by atoms with Gasteiger partial charge in [-0.05, 0) is 73.9 Å². The summed E-state index contributed by atoms with van der Waals surface area (Å²) < 4.78 is 6.43. The van der Waals surface area contributed by atoms with Crippen LogP contribution in [0.25, 0.3) is 0 Å². The largest absolute Gasteiger partial charge is 0.489 e. The third-order valence-electron chi connectivity index (χ3n) is 13.0. The summed E-state index contributed by atoms with van der Waals surface area (Å²) in [5.41, 5.74) is 3.01. The summed E-state index contributed by atoms with van der Waals surface area (Å²) >= 11 is 6.27. The Balaban J connectivity index is 0.811. The number of amides is 5. The molecule has 1 atom stereocenters. The third kappa shape index (κ3) is 6.96. The molecule has 3 aromatic rings. The van der Waals surface area contributed by atoms with E-state index in [1.807, 2.05) is 35.2 Å². The second-order valence-corrected chi connectivity index (χ2v) is 17.7. The van der Waals surface area contributed by atoms with Gasteiger partial charge in [0.1, 0.15) is 24.0 Å². The molecule has 5 amide bonds. The zero-order valence-electron chi connectivity index (χ0n) is 33.2. The summed E-state index contributed by atoms with van der Waals surface area (Å²) in [5.74, 6) is -1.35. The molecule has 0 aromatic heterocycles. The Morgan fingerprint density at radius 2 is 1.52 bits per heavy atom. The van der Waals surface area contributed by atoms with E-state index in [2.05, 4.69) is 54.2 Å². The fourth-order valence-corrected chi connectivity index (χ4v) is 10.3. The Bertz CT molecular complexity index is 2200. The third-order valence-corrected chi connectivity index (χ3v) is 13.3. The van der Waals surface area contributed by atoms with Gasteiger partial charge < -0.3 is 19.9 Å². The highest BCUT2D eigenvalue weighted by Gasteiger charge is 2.63. The first-order valence-electron chi connectivity index (χ1n) is 20.0. The quantitative estimate of drug-likeness (QED) is 0.286. The van der Waals surface area contributed by atoms with Gasteiger partial charge in [-0.25, -0.2) is 0 Å². The number of halogens is 1. The van der Waals surface area contributed by atoms with Crippen LogP contribution in [0.4, 0.5) is 11.4 Å². The first-order chi connectivity index (χ1) is 27.7. The lowest BCUT2D eigenvalue weighted by Gasteiger charge is -2.63. The molecule has 1 saturated carbocycles. The minimum Gasteiger partial charge on any atom is -0.489 e. The molecule has 4 aliphatic heterocycles. The van der Waals surface area contributed by atoms with Gasteiger partial charge in [-0.2, -0.15) is 5.26 Å². The number of piperidine rings is 2. The molecule has 4 heterocycles. The van der Waals surface area contributed by atoms with E-state index in [0.29, 0.717) is 46.6 Å². The molecule has 0 bridgehead atoms. The van der Waals surface area contributed by atoms with Crippen LogP contribution >= 0.6 is 11.6 Å². The van der Waals surface area contributed by atoms with E-state index in [4.69, 9.17) is 16.3 Å². The average molecular weight is 806 g/mol. The lowest BCUT2D eigenvalue weighted by molar-refractivity contribution is -0.147. The van der Waals surface area contributed by atoms with Crippen molar-refractivity contribution in [3.63, 3.8) is 0 Å². The number of nitrogens with zero attached hydrogens (tertiary/aromatic N) is 5. The van der Waals surface area contributed by atoms with Gasteiger partial charge in [0.25, 0.3) is 17.7 Å². The van der Waals surface area contributed by atoms with Crippen LogP contribution in [0.2, 0.25) is 5.02 Å². The van der Waals surface area contributed by atoms with E-state index in [-0.39, 0.29) is 47.3 Å². The molecule has 1 aliphatic carbocycles. The summed E-state index contributed by atoms with van der Waals surface area (Å²) in [6, 6.07) is 19.8. The Kier molecular flexibility index (Phi) is 10.2. The van der Waals surface area contributed by atoms with E-state index < -0.39 is 29.7 Å². The van der Waals surface area contributed by atoms with Crippen molar-refractivity contribution >= 4 is 52.5 Å². The molecule has 0 spiro atoms. The summed E-state index contributed by atoms with van der Waals surface area (Å²) in [5, 5.41) is 15.5. The number of fused-ring (bicyclic) bond motifs is 1. The van der Waals surface area contributed by atoms with Crippen LogP contribution < -0.4 is 20.3 Å². The molecule has 2 N–H and O–H groups in total. The van der Waals surface area contributed by atoms with Crippen molar-refractivity contribution in [2.75, 3.05) is 49.5 Å². The number of carbonyl (C=O) groups is 5. The zero-order valence-corrected chi connectivity index (χ0v) is 34.0. The van der Waals surface area contributed by atoms with Crippen molar-refractivity contribution in [3.05, 3.63) is 87.9 Å². The predicted octanol–water partition coefficient (Wildman–Crippen LogP) is 5.33. The molecule has 302 valence electrons. The maximum atomic E-state index is 13.6. The fraction of sp³-hybridized carbons (Fsp3) is 0.455. The number of nitriles is 1. The molecule has 8 rings (SSSR count). The zero-order chi connectivity index (χ0) is 41.1. The Labute approximate surface area is 343 Å². The molecular weight excluding hydrogens is 758 g/mol. The number of anilines is 2. The number of hydrogen-bond acceptors (Lipinski definition) is 10. The minimum atomic E-state index is -0.985. The highest BCUT2D eigenvalue weighted by molar-refractivity contribution is 6.31. The van der Waals surface area contributed by atoms with Gasteiger partial charge >= 0.3 is 0 Å². The van der Waals surface area contributed by atoms with Crippen molar-refractivity contribution < 1.29 is 28.7 Å². The van der Waals surface area contributed by atoms with Crippen LogP contribution in [0, 0.1) is 22.2 Å². The predicted molar refractivity (Wildman–Crippen MR) is 218 cm³/mol. The first-order valence-corrected chi connectivity index (χ1v) is 20.4. The van der Waals surface area contributed by atoms with Crippen LogP contribution in [0.15, 0.2) is 60.7 Å². The monoisotopic (exact) mass is 805 g/mol. The molecule has 58 heavy (non-hydrogen) atoms. The maximum Gasteiger partial charge on any atom is 0.262 e. The molecule has 14 heteroatoms. The van der Waals surface area contributed by atoms with E-state index >= 15 is 0 Å². The van der Waals surface area contributed by atoms with Gasteiger partial charge in [0, 0.05) is 91.6 Å². The lowest BCUT2D eigenvalue weighted by Crippen LogP contribution is -2.72. The number of imide groups is 2. The summed E-state index contributed by atoms with van der Waals surface area (Å²) in [6.07, 6.45) is 1.97. The molecule has 3 aromatic carbocycles. The number of piperazine rings is 1. The Morgan fingerprint density at radius 1 is 0.845 bits per heavy atom. The topological polar surface area (TPSA) is 155 Å². The van der Waals surface area contributed by atoms with Gasteiger partial charge in [0.15, 0.2) is 0 Å².